The predicted molar refractivity (Wildman–Crippen MR) is 61.0 cm³/mol. The Hall–Kier alpha value is -1.29. The molecule has 1 aromatic rings. The number of halogens is 1. The van der Waals surface area contributed by atoms with Crippen LogP contribution in [0, 0.1) is 5.82 Å². The van der Waals surface area contributed by atoms with Gasteiger partial charge in [-0.1, -0.05) is 23.9 Å². The summed E-state index contributed by atoms with van der Waals surface area (Å²) in [6, 6.07) is 6.87. The van der Waals surface area contributed by atoms with Crippen LogP contribution in [-0.4, -0.2) is 23.2 Å². The van der Waals surface area contributed by atoms with Gasteiger partial charge >= 0.3 is 0 Å². The fourth-order valence-corrected chi connectivity index (χ4v) is 2.75. The zero-order chi connectivity index (χ0) is 10.3. The van der Waals surface area contributed by atoms with Crippen molar-refractivity contribution in [3.05, 3.63) is 41.1 Å². The van der Waals surface area contributed by atoms with E-state index in [0.717, 1.165) is 24.0 Å². The Morgan fingerprint density at radius 3 is 3.07 bits per heavy atom. The first-order valence-electron chi connectivity index (χ1n) is 4.80. The molecule has 2 aliphatic heterocycles. The summed E-state index contributed by atoms with van der Waals surface area (Å²) >= 11 is 1.57. The van der Waals surface area contributed by atoms with Gasteiger partial charge in [0.1, 0.15) is 5.82 Å². The minimum absolute atomic E-state index is 0.169. The molecule has 15 heavy (non-hydrogen) atoms. The maximum atomic E-state index is 13.6. The topological polar surface area (TPSA) is 15.6 Å². The van der Waals surface area contributed by atoms with Crippen LogP contribution in [0.2, 0.25) is 0 Å². The summed E-state index contributed by atoms with van der Waals surface area (Å²) in [6.45, 7) is 1.68. The highest BCUT2D eigenvalue weighted by atomic mass is 32.2. The van der Waals surface area contributed by atoms with E-state index in [0.29, 0.717) is 5.56 Å². The van der Waals surface area contributed by atoms with Gasteiger partial charge in [0, 0.05) is 17.5 Å². The Labute approximate surface area is 91.5 Å². The van der Waals surface area contributed by atoms with Gasteiger partial charge in [-0.05, 0) is 12.1 Å². The summed E-state index contributed by atoms with van der Waals surface area (Å²) < 4.78 is 13.6. The van der Waals surface area contributed by atoms with Gasteiger partial charge in [0.2, 0.25) is 0 Å². The highest BCUT2D eigenvalue weighted by Crippen LogP contribution is 2.35. The van der Waals surface area contributed by atoms with Crippen molar-refractivity contribution in [3.63, 3.8) is 0 Å². The van der Waals surface area contributed by atoms with Crippen molar-refractivity contribution in [2.24, 2.45) is 4.99 Å². The number of aliphatic imine (C=N–C) groups is 1. The van der Waals surface area contributed by atoms with E-state index in [1.54, 1.807) is 17.8 Å². The minimum atomic E-state index is -0.169. The average Bonchev–Trinajstić information content (AvgIpc) is 2.80. The molecule has 0 spiro atoms. The molecule has 2 nitrogen and oxygen atoms in total. The maximum absolute atomic E-state index is 13.6. The predicted octanol–water partition coefficient (Wildman–Crippen LogP) is 2.54. The van der Waals surface area contributed by atoms with Crippen LogP contribution >= 0.6 is 11.8 Å². The molecule has 0 N–H and O–H groups in total. The van der Waals surface area contributed by atoms with Crippen LogP contribution in [-0.2, 0) is 0 Å². The van der Waals surface area contributed by atoms with Crippen molar-refractivity contribution in [2.45, 2.75) is 0 Å². The Balaban J connectivity index is 2.02. The van der Waals surface area contributed by atoms with E-state index >= 15 is 0 Å². The van der Waals surface area contributed by atoms with E-state index in [4.69, 9.17) is 0 Å². The summed E-state index contributed by atoms with van der Waals surface area (Å²) in [5.74, 6) is -0.169. The number of thioether (sulfide) groups is 1. The molecule has 0 amide bonds. The molecule has 0 fully saturated rings. The Morgan fingerprint density at radius 2 is 2.20 bits per heavy atom. The van der Waals surface area contributed by atoms with Gasteiger partial charge < -0.3 is 4.90 Å². The lowest BCUT2D eigenvalue weighted by Gasteiger charge is -2.16. The van der Waals surface area contributed by atoms with E-state index in [2.05, 4.69) is 9.89 Å². The number of amidine groups is 1. The first-order valence-corrected chi connectivity index (χ1v) is 5.68. The van der Waals surface area contributed by atoms with Crippen LogP contribution in [0.4, 0.5) is 4.39 Å². The smallest absolute Gasteiger partial charge is 0.168 e. The molecule has 0 aliphatic carbocycles. The van der Waals surface area contributed by atoms with Crippen LogP contribution in [0.25, 0.3) is 5.70 Å². The summed E-state index contributed by atoms with van der Waals surface area (Å²) in [4.78, 5) is 6.41. The molecule has 0 atom stereocenters. The number of fused-ring (bicyclic) bond motifs is 1. The van der Waals surface area contributed by atoms with Crippen LogP contribution < -0.4 is 0 Å². The van der Waals surface area contributed by atoms with Crippen LogP contribution in [0.15, 0.2) is 34.7 Å². The molecule has 3 rings (SSSR count). The summed E-state index contributed by atoms with van der Waals surface area (Å²) in [5, 5.41) is 2.96. The van der Waals surface area contributed by atoms with Gasteiger partial charge in [-0.25, -0.2) is 4.39 Å². The summed E-state index contributed by atoms with van der Waals surface area (Å²) in [5.41, 5.74) is 1.60. The summed E-state index contributed by atoms with van der Waals surface area (Å²) in [7, 11) is 0. The highest BCUT2D eigenvalue weighted by Gasteiger charge is 2.28. The number of benzene rings is 1. The van der Waals surface area contributed by atoms with E-state index in [1.807, 2.05) is 17.5 Å². The zero-order valence-electron chi connectivity index (χ0n) is 7.98. The number of rotatable bonds is 1. The Bertz CT molecular complexity index is 467. The molecular weight excluding hydrogens is 211 g/mol. The Kier molecular flexibility index (Phi) is 2.02. The second kappa shape index (κ2) is 3.38. The van der Waals surface area contributed by atoms with Crippen LogP contribution in [0.1, 0.15) is 5.56 Å². The quantitative estimate of drug-likeness (QED) is 0.722. The minimum Gasteiger partial charge on any atom is -0.318 e. The molecular formula is C11H9FN2S. The average molecular weight is 220 g/mol. The largest absolute Gasteiger partial charge is 0.318 e. The third kappa shape index (κ3) is 1.36. The van der Waals surface area contributed by atoms with Gasteiger partial charge in [-0.15, -0.1) is 0 Å². The van der Waals surface area contributed by atoms with E-state index in [9.17, 15) is 4.39 Å². The third-order valence-corrected chi connectivity index (χ3v) is 3.42. The lowest BCUT2D eigenvalue weighted by molar-refractivity contribution is 0.604. The van der Waals surface area contributed by atoms with Gasteiger partial charge in [-0.2, -0.15) is 0 Å². The van der Waals surface area contributed by atoms with Crippen molar-refractivity contribution in [1.82, 2.24) is 4.90 Å². The lowest BCUT2D eigenvalue weighted by Crippen LogP contribution is -2.20. The van der Waals surface area contributed by atoms with E-state index in [1.165, 1.54) is 6.07 Å². The van der Waals surface area contributed by atoms with Gasteiger partial charge in [0.15, 0.2) is 5.17 Å². The molecule has 1 aromatic carbocycles. The molecule has 0 saturated carbocycles. The van der Waals surface area contributed by atoms with Crippen molar-refractivity contribution in [2.75, 3.05) is 13.1 Å². The highest BCUT2D eigenvalue weighted by molar-refractivity contribution is 8.16. The Morgan fingerprint density at radius 1 is 1.33 bits per heavy atom. The number of hydrogen-bond donors (Lipinski definition) is 0. The molecule has 0 radical (unpaired) electrons. The first-order chi connectivity index (χ1) is 7.36. The second-order valence-corrected chi connectivity index (χ2v) is 4.25. The fraction of sp³-hybridized carbons (Fsp3) is 0.182. The molecule has 0 aromatic heterocycles. The lowest BCUT2D eigenvalue weighted by atomic mass is 10.1. The zero-order valence-corrected chi connectivity index (χ0v) is 8.80. The molecule has 0 bridgehead atoms. The molecule has 0 unspecified atom stereocenters. The van der Waals surface area contributed by atoms with Crippen molar-refractivity contribution >= 4 is 22.6 Å². The van der Waals surface area contributed by atoms with Crippen molar-refractivity contribution in [3.8, 4) is 0 Å². The van der Waals surface area contributed by atoms with Crippen LogP contribution in [0.3, 0.4) is 0 Å². The number of nitrogens with zero attached hydrogens (tertiary/aromatic N) is 2. The van der Waals surface area contributed by atoms with Crippen molar-refractivity contribution < 1.29 is 4.39 Å². The second-order valence-electron chi connectivity index (χ2n) is 3.42. The third-order valence-electron chi connectivity index (χ3n) is 2.52. The molecule has 4 heteroatoms. The normalized spacial score (nSPS) is 18.9. The molecule has 2 heterocycles. The standard InChI is InChI=1S/C11H9FN2S/c12-9-4-2-1-3-8(9)10-7-15-11-13-5-6-14(10)11/h1-4,7H,5-6H2. The van der Waals surface area contributed by atoms with Crippen LogP contribution in [0.5, 0.6) is 0 Å². The molecule has 2 aliphatic rings. The maximum Gasteiger partial charge on any atom is 0.168 e. The van der Waals surface area contributed by atoms with Gasteiger partial charge in [0.05, 0.1) is 12.2 Å². The monoisotopic (exact) mass is 220 g/mol. The van der Waals surface area contributed by atoms with E-state index in [-0.39, 0.29) is 5.82 Å². The van der Waals surface area contributed by atoms with E-state index < -0.39 is 0 Å². The SMILES string of the molecule is Fc1ccccc1C1=CSC2=NCCN12. The van der Waals surface area contributed by atoms with Gasteiger partial charge in [0.25, 0.3) is 0 Å². The summed E-state index contributed by atoms with van der Waals surface area (Å²) in [6.07, 6.45) is 0. The fourth-order valence-electron chi connectivity index (χ4n) is 1.80. The van der Waals surface area contributed by atoms with Gasteiger partial charge in [-0.3, -0.25) is 4.99 Å². The first kappa shape index (κ1) is 8.97. The van der Waals surface area contributed by atoms with Crippen molar-refractivity contribution in [1.29, 1.82) is 0 Å². The molecule has 0 saturated heterocycles. The molecule has 76 valence electrons. The number of hydrogen-bond acceptors (Lipinski definition) is 3.